The quantitative estimate of drug-likeness (QED) is 0.825. The topological polar surface area (TPSA) is 34.1 Å². The summed E-state index contributed by atoms with van der Waals surface area (Å²) in [5, 5.41) is 6.63. The van der Waals surface area contributed by atoms with Crippen LogP contribution in [0, 0.1) is 0 Å². The van der Waals surface area contributed by atoms with Crippen LogP contribution in [0.3, 0.4) is 0 Å². The fourth-order valence-electron chi connectivity index (χ4n) is 2.11. The summed E-state index contributed by atoms with van der Waals surface area (Å²) in [4.78, 5) is 4.75. The maximum atomic E-state index is 5.63. The molecule has 2 aromatic rings. The van der Waals surface area contributed by atoms with Gasteiger partial charge < -0.3 is 10.1 Å². The van der Waals surface area contributed by atoms with Gasteiger partial charge in [0.05, 0.1) is 18.3 Å². The number of ether oxygens (including phenoxy) is 1. The molecule has 0 radical (unpaired) electrons. The first-order chi connectivity index (χ1) is 10.2. The van der Waals surface area contributed by atoms with Gasteiger partial charge in [-0.3, -0.25) is 0 Å². The second-order valence-corrected chi connectivity index (χ2v) is 6.29. The minimum absolute atomic E-state index is 0.141. The predicted molar refractivity (Wildman–Crippen MR) is 89.3 cm³/mol. The first-order valence-corrected chi connectivity index (χ1v) is 8.39. The van der Waals surface area contributed by atoms with Gasteiger partial charge in [-0.15, -0.1) is 11.3 Å². The summed E-state index contributed by atoms with van der Waals surface area (Å²) in [6, 6.07) is 8.44. The summed E-state index contributed by atoms with van der Waals surface area (Å²) in [6.45, 7) is 7.22. The lowest BCUT2D eigenvalue weighted by Gasteiger charge is -2.15. The molecule has 21 heavy (non-hydrogen) atoms. The summed E-state index contributed by atoms with van der Waals surface area (Å²) in [5.74, 6) is 1.40. The van der Waals surface area contributed by atoms with Crippen LogP contribution in [0.25, 0.3) is 0 Å². The Bertz CT molecular complexity index is 548. The van der Waals surface area contributed by atoms with Crippen LogP contribution in [-0.2, 0) is 0 Å². The van der Waals surface area contributed by atoms with E-state index in [1.54, 1.807) is 11.3 Å². The number of hydrogen-bond acceptors (Lipinski definition) is 4. The SMILES string of the molecule is CCCOc1ccc(C(NC)c2nc(C(C)C)cs2)cc1. The average molecular weight is 304 g/mol. The molecule has 1 aromatic carbocycles. The first-order valence-electron chi connectivity index (χ1n) is 7.51. The van der Waals surface area contributed by atoms with E-state index in [0.717, 1.165) is 29.5 Å². The van der Waals surface area contributed by atoms with Crippen molar-refractivity contribution in [2.75, 3.05) is 13.7 Å². The zero-order valence-corrected chi connectivity index (χ0v) is 14.0. The fourth-order valence-corrected chi connectivity index (χ4v) is 3.22. The molecule has 0 saturated carbocycles. The predicted octanol–water partition coefficient (Wildman–Crippen LogP) is 4.36. The van der Waals surface area contributed by atoms with Crippen LogP contribution in [0.2, 0.25) is 0 Å². The van der Waals surface area contributed by atoms with Crippen LogP contribution in [-0.4, -0.2) is 18.6 Å². The van der Waals surface area contributed by atoms with Crippen LogP contribution < -0.4 is 10.1 Å². The number of benzene rings is 1. The van der Waals surface area contributed by atoms with Crippen molar-refractivity contribution in [3.05, 3.63) is 45.9 Å². The van der Waals surface area contributed by atoms with Crippen molar-refractivity contribution in [1.82, 2.24) is 10.3 Å². The van der Waals surface area contributed by atoms with Gasteiger partial charge in [0.1, 0.15) is 10.8 Å². The van der Waals surface area contributed by atoms with E-state index in [4.69, 9.17) is 9.72 Å². The van der Waals surface area contributed by atoms with Crippen molar-refractivity contribution in [3.63, 3.8) is 0 Å². The summed E-state index contributed by atoms with van der Waals surface area (Å²) in [7, 11) is 1.97. The van der Waals surface area contributed by atoms with Crippen LogP contribution >= 0.6 is 11.3 Å². The summed E-state index contributed by atoms with van der Waals surface area (Å²) in [5.41, 5.74) is 2.38. The molecule has 1 unspecified atom stereocenters. The van der Waals surface area contributed by atoms with Crippen LogP contribution in [0.1, 0.15) is 55.4 Å². The third-order valence-corrected chi connectivity index (χ3v) is 4.28. The Morgan fingerprint density at radius 1 is 1.24 bits per heavy atom. The third kappa shape index (κ3) is 4.05. The number of hydrogen-bond donors (Lipinski definition) is 1. The Morgan fingerprint density at radius 3 is 2.48 bits per heavy atom. The molecule has 114 valence electrons. The maximum Gasteiger partial charge on any atom is 0.119 e. The zero-order valence-electron chi connectivity index (χ0n) is 13.2. The van der Waals surface area contributed by atoms with Crippen molar-refractivity contribution in [3.8, 4) is 5.75 Å². The average Bonchev–Trinajstić information content (AvgIpc) is 2.97. The molecule has 3 nitrogen and oxygen atoms in total. The van der Waals surface area contributed by atoms with Crippen molar-refractivity contribution >= 4 is 11.3 Å². The number of nitrogens with one attached hydrogen (secondary N) is 1. The van der Waals surface area contributed by atoms with E-state index in [1.165, 1.54) is 5.56 Å². The molecule has 0 amide bonds. The van der Waals surface area contributed by atoms with Gasteiger partial charge in [-0.25, -0.2) is 4.98 Å². The van der Waals surface area contributed by atoms with E-state index in [2.05, 4.69) is 43.6 Å². The highest BCUT2D eigenvalue weighted by Crippen LogP contribution is 2.28. The van der Waals surface area contributed by atoms with Crippen LogP contribution in [0.4, 0.5) is 0 Å². The van der Waals surface area contributed by atoms with E-state index in [1.807, 2.05) is 19.2 Å². The molecule has 0 spiro atoms. The van der Waals surface area contributed by atoms with Crippen molar-refractivity contribution in [2.45, 2.75) is 39.2 Å². The molecule has 2 rings (SSSR count). The fraction of sp³-hybridized carbons (Fsp3) is 0.471. The lowest BCUT2D eigenvalue weighted by atomic mass is 10.1. The Kier molecular flexibility index (Phi) is 5.76. The molecular formula is C17H24N2OS. The first kappa shape index (κ1) is 16.0. The molecule has 1 N–H and O–H groups in total. The molecule has 0 aliphatic heterocycles. The van der Waals surface area contributed by atoms with Crippen molar-refractivity contribution in [1.29, 1.82) is 0 Å². The highest BCUT2D eigenvalue weighted by molar-refractivity contribution is 7.09. The smallest absolute Gasteiger partial charge is 0.119 e. The molecule has 0 aliphatic rings. The van der Waals surface area contributed by atoms with E-state index >= 15 is 0 Å². The summed E-state index contributed by atoms with van der Waals surface area (Å²) >= 11 is 1.72. The van der Waals surface area contributed by atoms with Gasteiger partial charge in [-0.1, -0.05) is 32.9 Å². The number of rotatable bonds is 7. The van der Waals surface area contributed by atoms with Gasteiger partial charge in [0, 0.05) is 5.38 Å². The van der Waals surface area contributed by atoms with Crippen molar-refractivity contribution in [2.24, 2.45) is 0 Å². The summed E-state index contributed by atoms with van der Waals surface area (Å²) in [6.07, 6.45) is 1.03. The van der Waals surface area contributed by atoms with Gasteiger partial charge in [0.15, 0.2) is 0 Å². The maximum absolute atomic E-state index is 5.63. The zero-order chi connectivity index (χ0) is 15.2. The van der Waals surface area contributed by atoms with E-state index in [-0.39, 0.29) is 6.04 Å². The Labute approximate surface area is 131 Å². The minimum atomic E-state index is 0.141. The third-order valence-electron chi connectivity index (χ3n) is 3.35. The van der Waals surface area contributed by atoms with Crippen molar-refractivity contribution < 1.29 is 4.74 Å². The van der Waals surface area contributed by atoms with E-state index in [0.29, 0.717) is 5.92 Å². The Hall–Kier alpha value is -1.39. The molecule has 4 heteroatoms. The molecule has 0 saturated heterocycles. The number of nitrogens with zero attached hydrogens (tertiary/aromatic N) is 1. The molecule has 1 aromatic heterocycles. The molecule has 0 fully saturated rings. The molecular weight excluding hydrogens is 280 g/mol. The number of thiazole rings is 1. The van der Waals surface area contributed by atoms with E-state index < -0.39 is 0 Å². The lowest BCUT2D eigenvalue weighted by Crippen LogP contribution is -2.17. The summed E-state index contributed by atoms with van der Waals surface area (Å²) < 4.78 is 5.63. The van der Waals surface area contributed by atoms with Gasteiger partial charge >= 0.3 is 0 Å². The normalized spacial score (nSPS) is 12.6. The number of aromatic nitrogens is 1. The van der Waals surface area contributed by atoms with Gasteiger partial charge in [0.2, 0.25) is 0 Å². The van der Waals surface area contributed by atoms with Crippen LogP contribution in [0.15, 0.2) is 29.6 Å². The van der Waals surface area contributed by atoms with Gasteiger partial charge in [0.25, 0.3) is 0 Å². The van der Waals surface area contributed by atoms with Gasteiger partial charge in [-0.2, -0.15) is 0 Å². The lowest BCUT2D eigenvalue weighted by molar-refractivity contribution is 0.317. The second-order valence-electron chi connectivity index (χ2n) is 5.40. The monoisotopic (exact) mass is 304 g/mol. The van der Waals surface area contributed by atoms with Gasteiger partial charge in [-0.05, 0) is 37.1 Å². The largest absolute Gasteiger partial charge is 0.494 e. The standard InChI is InChI=1S/C17H24N2OS/c1-5-10-20-14-8-6-13(7-9-14)16(18-4)17-19-15(11-21-17)12(2)3/h6-9,11-12,16,18H,5,10H2,1-4H3. The molecule has 1 heterocycles. The Balaban J connectivity index is 2.16. The molecule has 0 aliphatic carbocycles. The molecule has 1 atom stereocenters. The Morgan fingerprint density at radius 2 is 1.95 bits per heavy atom. The van der Waals surface area contributed by atoms with E-state index in [9.17, 15) is 0 Å². The highest BCUT2D eigenvalue weighted by Gasteiger charge is 2.17. The second kappa shape index (κ2) is 7.57. The van der Waals surface area contributed by atoms with Crippen LogP contribution in [0.5, 0.6) is 5.75 Å². The molecule has 0 bridgehead atoms. The highest BCUT2D eigenvalue weighted by atomic mass is 32.1. The minimum Gasteiger partial charge on any atom is -0.494 e.